The smallest absolute Gasteiger partial charge is 0.194 e. The molecule has 0 aromatic heterocycles. The van der Waals surface area contributed by atoms with E-state index < -0.39 is 28.5 Å². The molecule has 8 heteroatoms. The molecule has 0 bridgehead atoms. The number of carbonyl (C=O) groups excluding carboxylic acids is 3. The van der Waals surface area contributed by atoms with Crippen LogP contribution in [0.2, 0.25) is 0 Å². The molecule has 0 amide bonds. The zero-order valence-corrected chi connectivity index (χ0v) is 25.7. The third-order valence-electron chi connectivity index (χ3n) is 9.18. The van der Waals surface area contributed by atoms with Crippen LogP contribution in [0.15, 0.2) is 23.1 Å². The van der Waals surface area contributed by atoms with Crippen LogP contribution >= 0.6 is 0 Å². The Morgan fingerprint density at radius 2 is 1.78 bits per heavy atom. The lowest BCUT2D eigenvalue weighted by atomic mass is 9.70. The van der Waals surface area contributed by atoms with Crippen LogP contribution in [-0.4, -0.2) is 46.3 Å². The first-order valence-corrected chi connectivity index (χ1v) is 14.8. The molecule has 1 aromatic carbocycles. The number of nitrogens with one attached hydrogen (secondary N) is 1. The summed E-state index contributed by atoms with van der Waals surface area (Å²) < 4.78 is 11.8. The van der Waals surface area contributed by atoms with Gasteiger partial charge in [0.05, 0.1) is 16.7 Å². The van der Waals surface area contributed by atoms with Gasteiger partial charge in [-0.2, -0.15) is 0 Å². The van der Waals surface area contributed by atoms with Crippen LogP contribution < -0.4 is 10.1 Å². The van der Waals surface area contributed by atoms with Gasteiger partial charge in [0.1, 0.15) is 34.0 Å². The highest BCUT2D eigenvalue weighted by Crippen LogP contribution is 2.57. The van der Waals surface area contributed by atoms with E-state index in [2.05, 4.69) is 33.0 Å². The molecule has 1 aliphatic carbocycles. The van der Waals surface area contributed by atoms with Crippen molar-refractivity contribution in [3.63, 3.8) is 0 Å². The second kappa shape index (κ2) is 11.3. The predicted octanol–water partition coefficient (Wildman–Crippen LogP) is 5.81. The third-order valence-corrected chi connectivity index (χ3v) is 9.18. The number of hydrogen-bond donors (Lipinski definition) is 3. The first kappa shape index (κ1) is 30.8. The lowest BCUT2D eigenvalue weighted by Crippen LogP contribution is -2.41. The summed E-state index contributed by atoms with van der Waals surface area (Å²) >= 11 is 0. The molecular formula is C33H45NO7. The van der Waals surface area contributed by atoms with E-state index in [1.165, 1.54) is 19.9 Å². The highest BCUT2D eigenvalue weighted by molar-refractivity contribution is 6.31. The molecule has 8 nitrogen and oxygen atoms in total. The largest absolute Gasteiger partial charge is 0.507 e. The van der Waals surface area contributed by atoms with Gasteiger partial charge >= 0.3 is 0 Å². The fourth-order valence-electron chi connectivity index (χ4n) is 6.74. The van der Waals surface area contributed by atoms with Crippen molar-refractivity contribution < 1.29 is 34.1 Å². The molecule has 0 radical (unpaired) electrons. The molecular weight excluding hydrogens is 522 g/mol. The van der Waals surface area contributed by atoms with E-state index in [0.717, 1.165) is 38.7 Å². The van der Waals surface area contributed by atoms with E-state index in [-0.39, 0.29) is 45.1 Å². The number of Topliss-reactive ketones (excluding diaryl/α,β-unsaturated/α-hetero) is 2. The topological polar surface area (TPSA) is 122 Å². The minimum absolute atomic E-state index is 0.00753. The average Bonchev–Trinajstić information content (AvgIpc) is 3.16. The summed E-state index contributed by atoms with van der Waals surface area (Å²) in [6.45, 7) is 16.2. The molecule has 1 aromatic rings. The monoisotopic (exact) mass is 567 g/mol. The van der Waals surface area contributed by atoms with Crippen molar-refractivity contribution in [2.45, 2.75) is 98.5 Å². The first-order valence-electron chi connectivity index (χ1n) is 14.8. The van der Waals surface area contributed by atoms with Crippen molar-refractivity contribution >= 4 is 17.3 Å². The highest BCUT2D eigenvalue weighted by atomic mass is 16.5. The van der Waals surface area contributed by atoms with E-state index in [1.54, 1.807) is 13.8 Å². The van der Waals surface area contributed by atoms with Crippen LogP contribution in [0.3, 0.4) is 0 Å². The molecule has 3 N–H and O–H groups in total. The molecule has 1 saturated heterocycles. The Hall–Kier alpha value is -3.13. The number of fused-ring (bicyclic) bond motifs is 3. The van der Waals surface area contributed by atoms with E-state index in [1.807, 2.05) is 0 Å². The highest BCUT2D eigenvalue weighted by Gasteiger charge is 2.56. The van der Waals surface area contributed by atoms with Crippen LogP contribution in [0.5, 0.6) is 17.2 Å². The fourth-order valence-corrected chi connectivity index (χ4v) is 6.74. The molecule has 4 rings (SSSR count). The molecule has 41 heavy (non-hydrogen) atoms. The normalized spacial score (nSPS) is 25.3. The molecule has 224 valence electrons. The van der Waals surface area contributed by atoms with Gasteiger partial charge in [-0.05, 0) is 85.0 Å². The summed E-state index contributed by atoms with van der Waals surface area (Å²) in [5, 5.41) is 24.9. The van der Waals surface area contributed by atoms with E-state index >= 15 is 0 Å². The lowest BCUT2D eigenvalue weighted by Gasteiger charge is -2.39. The van der Waals surface area contributed by atoms with Gasteiger partial charge in [-0.25, -0.2) is 0 Å². The van der Waals surface area contributed by atoms with Gasteiger partial charge in [0, 0.05) is 30.5 Å². The maximum absolute atomic E-state index is 14.1. The molecule has 2 aliphatic heterocycles. The summed E-state index contributed by atoms with van der Waals surface area (Å²) in [5.41, 5.74) is -1.10. The van der Waals surface area contributed by atoms with Gasteiger partial charge in [0.15, 0.2) is 17.3 Å². The second-order valence-electron chi connectivity index (χ2n) is 13.2. The lowest BCUT2D eigenvalue weighted by molar-refractivity contribution is -0.123. The van der Waals surface area contributed by atoms with E-state index in [0.29, 0.717) is 30.0 Å². The van der Waals surface area contributed by atoms with E-state index in [4.69, 9.17) is 9.47 Å². The van der Waals surface area contributed by atoms with Gasteiger partial charge in [0.25, 0.3) is 0 Å². The summed E-state index contributed by atoms with van der Waals surface area (Å²) in [6, 6.07) is 0. The molecule has 0 unspecified atom stereocenters. The maximum atomic E-state index is 14.1. The standard InChI is InChI=1S/C33H45NO7/c1-17(2)9-10-21(22-12-14-40-32(6,7)16-22)11-13-34-19(4)25-23(36)15-24-33(8,31(25)39)27-29(38)18(3)28(37)26(20(5)35)30(27)41-24/h15,17,21-22,34,37-38H,9-14,16H2,1-8H3/b25-19+/t21-,22-,33+/m1/s1. The Kier molecular flexibility index (Phi) is 8.47. The van der Waals surface area contributed by atoms with Gasteiger partial charge in [-0.15, -0.1) is 0 Å². The Morgan fingerprint density at radius 3 is 2.39 bits per heavy atom. The van der Waals surface area contributed by atoms with Crippen molar-refractivity contribution in [3.05, 3.63) is 39.8 Å². The maximum Gasteiger partial charge on any atom is 0.194 e. The first-order chi connectivity index (χ1) is 19.1. The number of ether oxygens (including phenoxy) is 2. The van der Waals surface area contributed by atoms with Gasteiger partial charge in [-0.1, -0.05) is 20.3 Å². The number of phenolic OH excluding ortho intramolecular Hbond substituents is 2. The van der Waals surface area contributed by atoms with Crippen LogP contribution in [0, 0.1) is 24.7 Å². The van der Waals surface area contributed by atoms with Crippen LogP contribution in [0.1, 0.15) is 102 Å². The van der Waals surface area contributed by atoms with Crippen LogP contribution in [-0.2, 0) is 19.7 Å². The zero-order chi connectivity index (χ0) is 30.4. The van der Waals surface area contributed by atoms with Crippen LogP contribution in [0.25, 0.3) is 0 Å². The molecule has 0 saturated carbocycles. The van der Waals surface area contributed by atoms with Crippen molar-refractivity contribution in [1.29, 1.82) is 0 Å². The quantitative estimate of drug-likeness (QED) is 0.194. The Balaban J connectivity index is 1.61. The van der Waals surface area contributed by atoms with Gasteiger partial charge in [0.2, 0.25) is 0 Å². The Bertz CT molecular complexity index is 1340. The van der Waals surface area contributed by atoms with E-state index in [9.17, 15) is 24.6 Å². The van der Waals surface area contributed by atoms with Crippen LogP contribution in [0.4, 0.5) is 0 Å². The third kappa shape index (κ3) is 5.55. The van der Waals surface area contributed by atoms with Crippen molar-refractivity contribution in [3.8, 4) is 17.2 Å². The SMILES string of the molecule is CC(=O)c1c(O)c(C)c(O)c2c1OC1=CC(=O)/C(=C(/C)NCC[C@@H](CCC(C)C)[C@@H]3CCOC(C)(C)C3)C(=O)[C@@]12C. The van der Waals surface area contributed by atoms with Gasteiger partial charge in [-0.3, -0.25) is 14.4 Å². The Labute approximate surface area is 243 Å². The fraction of sp³-hybridized carbons (Fsp3) is 0.606. The number of phenols is 2. The molecule has 1 fully saturated rings. The average molecular weight is 568 g/mol. The van der Waals surface area contributed by atoms with Crippen molar-refractivity contribution in [1.82, 2.24) is 5.32 Å². The summed E-state index contributed by atoms with van der Waals surface area (Å²) in [6.07, 6.45) is 6.48. The van der Waals surface area contributed by atoms with Gasteiger partial charge < -0.3 is 25.0 Å². The summed E-state index contributed by atoms with van der Waals surface area (Å²) in [4.78, 5) is 39.7. The molecule has 0 spiro atoms. The Morgan fingerprint density at radius 1 is 1.10 bits per heavy atom. The minimum atomic E-state index is -1.51. The number of carbonyl (C=O) groups is 3. The minimum Gasteiger partial charge on any atom is -0.507 e. The summed E-state index contributed by atoms with van der Waals surface area (Å²) in [7, 11) is 0. The number of benzene rings is 1. The zero-order valence-electron chi connectivity index (χ0n) is 25.7. The number of hydrogen-bond acceptors (Lipinski definition) is 8. The van der Waals surface area contributed by atoms with Crippen molar-refractivity contribution in [2.24, 2.45) is 17.8 Å². The number of ketones is 3. The number of allylic oxidation sites excluding steroid dienone is 4. The number of aromatic hydroxyl groups is 2. The van der Waals surface area contributed by atoms with Crippen molar-refractivity contribution in [2.75, 3.05) is 13.2 Å². The molecule has 3 atom stereocenters. The number of rotatable bonds is 9. The summed E-state index contributed by atoms with van der Waals surface area (Å²) in [5.74, 6) is -0.572. The second-order valence-corrected chi connectivity index (χ2v) is 13.2. The molecule has 2 heterocycles. The predicted molar refractivity (Wildman–Crippen MR) is 156 cm³/mol. The molecule has 3 aliphatic rings.